The molecule has 1 aromatic carbocycles. The molecule has 0 unspecified atom stereocenters. The van der Waals surface area contributed by atoms with Crippen molar-refractivity contribution in [3.63, 3.8) is 0 Å². The van der Waals surface area contributed by atoms with Crippen LogP contribution in [0, 0.1) is 5.92 Å². The van der Waals surface area contributed by atoms with Crippen LogP contribution in [0.1, 0.15) is 19.5 Å². The van der Waals surface area contributed by atoms with E-state index in [2.05, 4.69) is 18.9 Å². The Morgan fingerprint density at radius 3 is 2.56 bits per heavy atom. The Balaban J connectivity index is 2.42. The van der Waals surface area contributed by atoms with E-state index in [1.807, 2.05) is 30.3 Å². The Labute approximate surface area is 95.3 Å². The van der Waals surface area contributed by atoms with E-state index in [0.717, 1.165) is 17.8 Å². The van der Waals surface area contributed by atoms with E-state index in [1.165, 1.54) is 6.20 Å². The monoisotopic (exact) mass is 216 g/mol. The summed E-state index contributed by atoms with van der Waals surface area (Å²) in [5, 5.41) is 14.0. The Kier molecular flexibility index (Phi) is 2.95. The van der Waals surface area contributed by atoms with Crippen LogP contribution in [0.25, 0.3) is 5.69 Å². The molecule has 0 saturated carbocycles. The van der Waals surface area contributed by atoms with Gasteiger partial charge < -0.3 is 5.11 Å². The van der Waals surface area contributed by atoms with Crippen LogP contribution in [0.15, 0.2) is 36.5 Å². The van der Waals surface area contributed by atoms with E-state index in [9.17, 15) is 5.11 Å². The maximum atomic E-state index is 9.76. The van der Waals surface area contributed by atoms with E-state index in [-0.39, 0.29) is 5.75 Å². The van der Waals surface area contributed by atoms with E-state index in [1.54, 1.807) is 4.68 Å². The van der Waals surface area contributed by atoms with Crippen LogP contribution in [0.3, 0.4) is 0 Å². The maximum absolute atomic E-state index is 9.76. The Bertz CT molecular complexity index is 460. The molecule has 0 bridgehead atoms. The van der Waals surface area contributed by atoms with Crippen molar-refractivity contribution in [1.82, 2.24) is 9.78 Å². The summed E-state index contributed by atoms with van der Waals surface area (Å²) in [6.07, 6.45) is 2.32. The van der Waals surface area contributed by atoms with Gasteiger partial charge in [-0.2, -0.15) is 5.10 Å². The highest BCUT2D eigenvalue weighted by Gasteiger charge is 2.12. The smallest absolute Gasteiger partial charge is 0.157 e. The van der Waals surface area contributed by atoms with Crippen LogP contribution in [0.4, 0.5) is 0 Å². The summed E-state index contributed by atoms with van der Waals surface area (Å²) in [5.74, 6) is 0.766. The Hall–Kier alpha value is -1.77. The molecule has 1 aromatic heterocycles. The SMILES string of the molecule is CC(C)Cc1c(O)cnn1-c1ccccc1. The van der Waals surface area contributed by atoms with E-state index in [4.69, 9.17) is 0 Å². The fourth-order valence-electron chi connectivity index (χ4n) is 1.73. The van der Waals surface area contributed by atoms with Crippen LogP contribution in [0.5, 0.6) is 5.75 Å². The minimum Gasteiger partial charge on any atom is -0.504 e. The van der Waals surface area contributed by atoms with Crippen molar-refractivity contribution in [1.29, 1.82) is 0 Å². The molecule has 0 aliphatic rings. The number of hydrogen-bond donors (Lipinski definition) is 1. The zero-order valence-electron chi connectivity index (χ0n) is 9.59. The lowest BCUT2D eigenvalue weighted by Crippen LogP contribution is -2.05. The second kappa shape index (κ2) is 4.39. The fraction of sp³-hybridized carbons (Fsp3) is 0.308. The minimum atomic E-state index is 0.276. The number of rotatable bonds is 3. The van der Waals surface area contributed by atoms with Gasteiger partial charge in [0.25, 0.3) is 0 Å². The fourth-order valence-corrected chi connectivity index (χ4v) is 1.73. The third-order valence-electron chi connectivity index (χ3n) is 2.45. The van der Waals surface area contributed by atoms with Crippen molar-refractivity contribution in [2.24, 2.45) is 5.92 Å². The first kappa shape index (κ1) is 10.7. The molecule has 2 aromatic rings. The van der Waals surface area contributed by atoms with Crippen LogP contribution < -0.4 is 0 Å². The normalized spacial score (nSPS) is 10.9. The molecular weight excluding hydrogens is 200 g/mol. The standard InChI is InChI=1S/C13H16N2O/c1-10(2)8-12-13(16)9-14-15(12)11-6-4-3-5-7-11/h3-7,9-10,16H,8H2,1-2H3. The quantitative estimate of drug-likeness (QED) is 0.856. The molecule has 1 N–H and O–H groups in total. The molecule has 0 saturated heterocycles. The van der Waals surface area contributed by atoms with Gasteiger partial charge in [0.2, 0.25) is 0 Å². The molecule has 3 heteroatoms. The highest BCUT2D eigenvalue weighted by Crippen LogP contribution is 2.22. The highest BCUT2D eigenvalue weighted by molar-refractivity contribution is 5.37. The molecule has 3 nitrogen and oxygen atoms in total. The molecule has 0 spiro atoms. The summed E-state index contributed by atoms with van der Waals surface area (Å²) in [6.45, 7) is 4.25. The predicted octanol–water partition coefficient (Wildman–Crippen LogP) is 2.78. The Morgan fingerprint density at radius 2 is 1.94 bits per heavy atom. The lowest BCUT2D eigenvalue weighted by Gasteiger charge is -2.09. The largest absolute Gasteiger partial charge is 0.504 e. The molecule has 0 aliphatic heterocycles. The van der Waals surface area contributed by atoms with Crippen LogP contribution in [-0.2, 0) is 6.42 Å². The number of aromatic hydroxyl groups is 1. The molecular formula is C13H16N2O. The molecule has 0 fully saturated rings. The number of benzene rings is 1. The number of para-hydroxylation sites is 1. The topological polar surface area (TPSA) is 38.1 Å². The first-order chi connectivity index (χ1) is 7.68. The van der Waals surface area contributed by atoms with Crippen molar-refractivity contribution in [3.8, 4) is 11.4 Å². The van der Waals surface area contributed by atoms with Gasteiger partial charge in [-0.25, -0.2) is 4.68 Å². The lowest BCUT2D eigenvalue weighted by molar-refractivity contribution is 0.460. The zero-order valence-corrected chi connectivity index (χ0v) is 9.59. The van der Waals surface area contributed by atoms with Gasteiger partial charge in [0.1, 0.15) is 0 Å². The number of hydrogen-bond acceptors (Lipinski definition) is 2. The van der Waals surface area contributed by atoms with Crippen molar-refractivity contribution in [3.05, 3.63) is 42.2 Å². The number of nitrogens with zero attached hydrogens (tertiary/aromatic N) is 2. The van der Waals surface area contributed by atoms with Gasteiger partial charge in [-0.05, 0) is 24.5 Å². The summed E-state index contributed by atoms with van der Waals surface area (Å²) in [6, 6.07) is 9.86. The number of aromatic nitrogens is 2. The minimum absolute atomic E-state index is 0.276. The molecule has 0 amide bonds. The summed E-state index contributed by atoms with van der Waals surface area (Å²) in [4.78, 5) is 0. The van der Waals surface area contributed by atoms with Crippen molar-refractivity contribution in [2.45, 2.75) is 20.3 Å². The van der Waals surface area contributed by atoms with Gasteiger partial charge in [0.05, 0.1) is 17.6 Å². The van der Waals surface area contributed by atoms with Crippen molar-refractivity contribution in [2.75, 3.05) is 0 Å². The third-order valence-corrected chi connectivity index (χ3v) is 2.45. The molecule has 16 heavy (non-hydrogen) atoms. The van der Waals surface area contributed by atoms with Crippen molar-refractivity contribution >= 4 is 0 Å². The average Bonchev–Trinajstić information content (AvgIpc) is 2.61. The van der Waals surface area contributed by atoms with Crippen LogP contribution in [0.2, 0.25) is 0 Å². The summed E-state index contributed by atoms with van der Waals surface area (Å²) < 4.78 is 1.80. The second-order valence-electron chi connectivity index (χ2n) is 4.32. The van der Waals surface area contributed by atoms with E-state index >= 15 is 0 Å². The molecule has 1 heterocycles. The average molecular weight is 216 g/mol. The van der Waals surface area contributed by atoms with Crippen LogP contribution in [-0.4, -0.2) is 14.9 Å². The molecule has 0 radical (unpaired) electrons. The predicted molar refractivity (Wildman–Crippen MR) is 63.8 cm³/mol. The second-order valence-corrected chi connectivity index (χ2v) is 4.32. The molecule has 2 rings (SSSR count). The summed E-state index contributed by atoms with van der Waals surface area (Å²) in [7, 11) is 0. The molecule has 84 valence electrons. The van der Waals surface area contributed by atoms with Gasteiger partial charge >= 0.3 is 0 Å². The molecule has 0 atom stereocenters. The van der Waals surface area contributed by atoms with Gasteiger partial charge in [-0.1, -0.05) is 32.0 Å². The van der Waals surface area contributed by atoms with Gasteiger partial charge in [0, 0.05) is 0 Å². The first-order valence-electron chi connectivity index (χ1n) is 5.49. The Morgan fingerprint density at radius 1 is 1.25 bits per heavy atom. The zero-order chi connectivity index (χ0) is 11.5. The third kappa shape index (κ3) is 2.08. The van der Waals surface area contributed by atoms with E-state index in [0.29, 0.717) is 5.92 Å². The lowest BCUT2D eigenvalue weighted by atomic mass is 10.1. The van der Waals surface area contributed by atoms with E-state index < -0.39 is 0 Å². The summed E-state index contributed by atoms with van der Waals surface area (Å²) in [5.41, 5.74) is 1.86. The van der Waals surface area contributed by atoms with Crippen LogP contribution >= 0.6 is 0 Å². The first-order valence-corrected chi connectivity index (χ1v) is 5.49. The summed E-state index contributed by atoms with van der Waals surface area (Å²) >= 11 is 0. The van der Waals surface area contributed by atoms with Gasteiger partial charge in [-0.15, -0.1) is 0 Å². The maximum Gasteiger partial charge on any atom is 0.157 e. The van der Waals surface area contributed by atoms with Gasteiger partial charge in [0.15, 0.2) is 5.75 Å². The highest BCUT2D eigenvalue weighted by atomic mass is 16.3. The van der Waals surface area contributed by atoms with Gasteiger partial charge in [-0.3, -0.25) is 0 Å². The van der Waals surface area contributed by atoms with Crippen molar-refractivity contribution < 1.29 is 5.11 Å². The molecule has 0 aliphatic carbocycles.